The van der Waals surface area contributed by atoms with Crippen molar-refractivity contribution in [1.82, 2.24) is 0 Å². The van der Waals surface area contributed by atoms with Gasteiger partial charge >= 0.3 is 11.5 Å². The van der Waals surface area contributed by atoms with Crippen LogP contribution in [0.4, 0.5) is 0 Å². The van der Waals surface area contributed by atoms with Crippen molar-refractivity contribution >= 4 is 0 Å². The van der Waals surface area contributed by atoms with E-state index in [1.54, 1.807) is 0 Å². The largest absolute Gasteiger partial charge is 0.364 e. The van der Waals surface area contributed by atoms with Crippen LogP contribution in [0.2, 0.25) is 0 Å². The summed E-state index contributed by atoms with van der Waals surface area (Å²) in [7, 11) is 0. The lowest BCUT2D eigenvalue weighted by Crippen LogP contribution is -2.03. The molecule has 4 rings (SSSR count). The third-order valence-electron chi connectivity index (χ3n) is 3.92. The summed E-state index contributed by atoms with van der Waals surface area (Å²) in [5.41, 5.74) is 5.06. The van der Waals surface area contributed by atoms with Gasteiger partial charge in [0, 0.05) is 6.07 Å². The fourth-order valence-corrected chi connectivity index (χ4v) is 2.87. The molecule has 0 amide bonds. The molecule has 1 heterocycles. The molecule has 0 N–H and O–H groups in total. The van der Waals surface area contributed by atoms with Gasteiger partial charge in [-0.2, -0.15) is 0 Å². The summed E-state index contributed by atoms with van der Waals surface area (Å²) in [5, 5.41) is 0. The van der Waals surface area contributed by atoms with E-state index in [4.69, 9.17) is 4.42 Å². The Hall–Kier alpha value is -2.41. The van der Waals surface area contributed by atoms with Gasteiger partial charge in [-0.05, 0) is 42.7 Å². The van der Waals surface area contributed by atoms with Crippen molar-refractivity contribution < 1.29 is 4.42 Å². The van der Waals surface area contributed by atoms with Crippen molar-refractivity contribution in [3.8, 4) is 22.6 Å². The molecule has 0 atom stereocenters. The average molecular weight is 259 g/mol. The van der Waals surface area contributed by atoms with E-state index in [2.05, 4.69) is 48.5 Å². The highest BCUT2D eigenvalue weighted by molar-refractivity contribution is 5.70. The van der Waals surface area contributed by atoms with E-state index in [9.17, 15) is 0 Å². The standard InChI is InChI=1S/C19H15O/c1-2-7-15(8-3-1)18-13-12-16-11-10-14-6-4-5-9-17(14)19(16)20-18/h1-9,12-13H,10-11H2/q+1. The third-order valence-corrected chi connectivity index (χ3v) is 3.92. The van der Waals surface area contributed by atoms with Crippen LogP contribution in [0.15, 0.2) is 71.1 Å². The first-order chi connectivity index (χ1) is 9.92. The Kier molecular flexibility index (Phi) is 2.63. The fourth-order valence-electron chi connectivity index (χ4n) is 2.87. The molecule has 1 nitrogen and oxygen atoms in total. The van der Waals surface area contributed by atoms with E-state index < -0.39 is 0 Å². The van der Waals surface area contributed by atoms with E-state index in [1.807, 2.05) is 18.2 Å². The van der Waals surface area contributed by atoms with Gasteiger partial charge in [0.25, 0.3) is 0 Å². The highest BCUT2D eigenvalue weighted by Gasteiger charge is 2.27. The Balaban J connectivity index is 1.90. The molecule has 1 heteroatoms. The summed E-state index contributed by atoms with van der Waals surface area (Å²) >= 11 is 0. The number of hydrogen-bond donors (Lipinski definition) is 0. The first-order valence-electron chi connectivity index (χ1n) is 7.01. The molecule has 0 unspecified atom stereocenters. The maximum Gasteiger partial charge on any atom is 0.364 e. The first kappa shape index (κ1) is 11.4. The predicted octanol–water partition coefficient (Wildman–Crippen LogP) is 4.99. The Morgan fingerprint density at radius 2 is 1.40 bits per heavy atom. The second kappa shape index (κ2) is 4.61. The molecule has 0 bridgehead atoms. The van der Waals surface area contributed by atoms with E-state index >= 15 is 0 Å². The van der Waals surface area contributed by atoms with Crippen LogP contribution in [0, 0.1) is 0 Å². The van der Waals surface area contributed by atoms with E-state index in [1.165, 1.54) is 16.7 Å². The number of hydrogen-bond acceptors (Lipinski definition) is 0. The van der Waals surface area contributed by atoms with Crippen LogP contribution in [0.5, 0.6) is 0 Å². The molecule has 0 radical (unpaired) electrons. The Morgan fingerprint density at radius 3 is 2.30 bits per heavy atom. The highest BCUT2D eigenvalue weighted by Crippen LogP contribution is 2.36. The van der Waals surface area contributed by atoms with Crippen LogP contribution in [0.25, 0.3) is 22.6 Å². The zero-order chi connectivity index (χ0) is 13.4. The molecule has 1 aliphatic rings. The topological polar surface area (TPSA) is 11.3 Å². The summed E-state index contributed by atoms with van der Waals surface area (Å²) < 4.78 is 6.21. The van der Waals surface area contributed by atoms with Gasteiger partial charge in [-0.1, -0.05) is 36.4 Å². The van der Waals surface area contributed by atoms with Crippen molar-refractivity contribution in [2.24, 2.45) is 0 Å². The third kappa shape index (κ3) is 1.83. The van der Waals surface area contributed by atoms with Gasteiger partial charge in [-0.15, -0.1) is 0 Å². The molecular weight excluding hydrogens is 244 g/mol. The minimum absolute atomic E-state index is 0.932. The Morgan fingerprint density at radius 1 is 0.650 bits per heavy atom. The SMILES string of the molecule is c1ccc(-c2ccc3c([o+]2)-c2ccccc2CC3)cc1. The molecule has 0 fully saturated rings. The minimum Gasteiger partial charge on any atom is -0.207 e. The van der Waals surface area contributed by atoms with Crippen molar-refractivity contribution in [1.29, 1.82) is 0 Å². The van der Waals surface area contributed by atoms with E-state index in [0.29, 0.717) is 0 Å². The molecule has 3 aromatic rings. The second-order valence-electron chi connectivity index (χ2n) is 5.18. The van der Waals surface area contributed by atoms with Crippen LogP contribution in [-0.4, -0.2) is 0 Å². The maximum atomic E-state index is 6.21. The summed E-state index contributed by atoms with van der Waals surface area (Å²) in [6, 6.07) is 23.1. The molecule has 2 aromatic carbocycles. The predicted molar refractivity (Wildman–Crippen MR) is 81.4 cm³/mol. The van der Waals surface area contributed by atoms with Crippen molar-refractivity contribution in [3.05, 3.63) is 77.9 Å². The summed E-state index contributed by atoms with van der Waals surface area (Å²) in [5.74, 6) is 1.97. The lowest BCUT2D eigenvalue weighted by molar-refractivity contribution is 0.568. The summed E-state index contributed by atoms with van der Waals surface area (Å²) in [6.45, 7) is 0. The highest BCUT2D eigenvalue weighted by atomic mass is 16.3. The molecule has 20 heavy (non-hydrogen) atoms. The first-order valence-corrected chi connectivity index (χ1v) is 7.01. The van der Waals surface area contributed by atoms with E-state index in [-0.39, 0.29) is 0 Å². The van der Waals surface area contributed by atoms with Crippen LogP contribution < -0.4 is 0 Å². The normalized spacial score (nSPS) is 12.6. The minimum atomic E-state index is 0.932. The zero-order valence-electron chi connectivity index (χ0n) is 11.2. The van der Waals surface area contributed by atoms with Gasteiger partial charge in [-0.25, -0.2) is 4.42 Å². The molecular formula is C19H15O+. The quantitative estimate of drug-likeness (QED) is 0.560. The lowest BCUT2D eigenvalue weighted by Gasteiger charge is -2.12. The van der Waals surface area contributed by atoms with Gasteiger partial charge in [0.2, 0.25) is 0 Å². The van der Waals surface area contributed by atoms with Crippen LogP contribution in [-0.2, 0) is 12.8 Å². The fraction of sp³-hybridized carbons (Fsp3) is 0.105. The number of rotatable bonds is 1. The maximum absolute atomic E-state index is 6.21. The van der Waals surface area contributed by atoms with Gasteiger partial charge in [0.15, 0.2) is 0 Å². The van der Waals surface area contributed by atoms with Crippen LogP contribution in [0.3, 0.4) is 0 Å². The molecule has 0 spiro atoms. The van der Waals surface area contributed by atoms with Crippen molar-refractivity contribution in [2.45, 2.75) is 12.8 Å². The van der Waals surface area contributed by atoms with Crippen molar-refractivity contribution in [3.63, 3.8) is 0 Å². The Labute approximate surface area is 118 Å². The van der Waals surface area contributed by atoms with Gasteiger partial charge in [-0.3, -0.25) is 0 Å². The Bertz CT molecular complexity index is 760. The molecule has 0 saturated heterocycles. The number of aryl methyl sites for hydroxylation is 2. The second-order valence-corrected chi connectivity index (χ2v) is 5.18. The smallest absolute Gasteiger partial charge is 0.207 e. The number of fused-ring (bicyclic) bond motifs is 3. The van der Waals surface area contributed by atoms with E-state index in [0.717, 1.165) is 29.9 Å². The molecule has 1 aliphatic carbocycles. The van der Waals surface area contributed by atoms with Gasteiger partial charge in [0.05, 0.1) is 16.7 Å². The number of benzene rings is 2. The van der Waals surface area contributed by atoms with Gasteiger partial charge < -0.3 is 0 Å². The summed E-state index contributed by atoms with van der Waals surface area (Å²) in [4.78, 5) is 0. The monoisotopic (exact) mass is 259 g/mol. The van der Waals surface area contributed by atoms with Gasteiger partial charge in [0.1, 0.15) is 0 Å². The van der Waals surface area contributed by atoms with Crippen molar-refractivity contribution in [2.75, 3.05) is 0 Å². The molecule has 0 aliphatic heterocycles. The zero-order valence-corrected chi connectivity index (χ0v) is 11.2. The molecule has 96 valence electrons. The summed E-state index contributed by atoms with van der Waals surface area (Å²) in [6.07, 6.45) is 2.16. The lowest BCUT2D eigenvalue weighted by atomic mass is 9.90. The van der Waals surface area contributed by atoms with Crippen LogP contribution >= 0.6 is 0 Å². The van der Waals surface area contributed by atoms with Crippen LogP contribution in [0.1, 0.15) is 11.1 Å². The average Bonchev–Trinajstić information content (AvgIpc) is 2.55. The molecule has 1 aromatic heterocycles. The molecule has 0 saturated carbocycles.